The molecule has 0 radical (unpaired) electrons. The number of nitrogen functional groups attached to an aromatic ring is 1. The number of hydrogen-bond acceptors (Lipinski definition) is 4. The van der Waals surface area contributed by atoms with Gasteiger partial charge in [0.15, 0.2) is 0 Å². The normalized spacial score (nSPS) is 12.7. The molecule has 0 aliphatic heterocycles. The Morgan fingerprint density at radius 1 is 1.33 bits per heavy atom. The van der Waals surface area contributed by atoms with E-state index in [4.69, 9.17) is 10.5 Å². The van der Waals surface area contributed by atoms with Crippen molar-refractivity contribution in [1.82, 2.24) is 4.72 Å². The number of nitrogens with two attached hydrogens (primary N) is 1. The van der Waals surface area contributed by atoms with Gasteiger partial charge >= 0.3 is 6.18 Å². The predicted octanol–water partition coefficient (Wildman–Crippen LogP) is 2.29. The van der Waals surface area contributed by atoms with Gasteiger partial charge in [-0.05, 0) is 26.0 Å². The van der Waals surface area contributed by atoms with Crippen LogP contribution in [0.5, 0.6) is 5.75 Å². The summed E-state index contributed by atoms with van der Waals surface area (Å²) in [5.74, 6) is 0.00417. The molecule has 0 atom stereocenters. The van der Waals surface area contributed by atoms with Crippen molar-refractivity contribution in [2.75, 3.05) is 12.3 Å². The molecule has 1 aromatic rings. The third-order valence-corrected chi connectivity index (χ3v) is 3.82. The minimum atomic E-state index is -4.43. The van der Waals surface area contributed by atoms with Crippen molar-refractivity contribution in [3.8, 4) is 5.75 Å². The first-order valence-electron chi connectivity index (χ1n) is 6.14. The highest BCUT2D eigenvalue weighted by Crippen LogP contribution is 2.27. The molecular formula is C12H17F3N2O3S. The minimum Gasteiger partial charge on any atom is -0.490 e. The average molecular weight is 326 g/mol. The van der Waals surface area contributed by atoms with Gasteiger partial charge in [0.25, 0.3) is 0 Å². The summed E-state index contributed by atoms with van der Waals surface area (Å²) in [7, 11) is -4.11. The maximum Gasteiger partial charge on any atom is 0.390 e. The Morgan fingerprint density at radius 2 is 1.95 bits per heavy atom. The summed E-state index contributed by atoms with van der Waals surface area (Å²) in [5, 5.41) is 0. The van der Waals surface area contributed by atoms with Crippen LogP contribution in [-0.2, 0) is 10.0 Å². The molecule has 0 aromatic heterocycles. The second-order valence-electron chi connectivity index (χ2n) is 4.64. The van der Waals surface area contributed by atoms with Crippen LogP contribution in [0.15, 0.2) is 23.1 Å². The van der Waals surface area contributed by atoms with Crippen LogP contribution in [0.2, 0.25) is 0 Å². The van der Waals surface area contributed by atoms with Gasteiger partial charge in [0, 0.05) is 18.3 Å². The molecule has 1 aromatic carbocycles. The molecule has 0 aliphatic carbocycles. The van der Waals surface area contributed by atoms with Crippen molar-refractivity contribution < 1.29 is 26.3 Å². The summed E-state index contributed by atoms with van der Waals surface area (Å²) < 4.78 is 67.5. The summed E-state index contributed by atoms with van der Waals surface area (Å²) >= 11 is 0. The Bertz CT molecular complexity index is 586. The van der Waals surface area contributed by atoms with Gasteiger partial charge in [0.05, 0.1) is 12.5 Å². The number of anilines is 1. The highest BCUT2D eigenvalue weighted by atomic mass is 32.2. The van der Waals surface area contributed by atoms with Gasteiger partial charge in [-0.3, -0.25) is 0 Å². The minimum absolute atomic E-state index is 0.00417. The predicted molar refractivity (Wildman–Crippen MR) is 72.5 cm³/mol. The van der Waals surface area contributed by atoms with Gasteiger partial charge in [-0.1, -0.05) is 0 Å². The van der Waals surface area contributed by atoms with E-state index >= 15 is 0 Å². The molecule has 0 saturated heterocycles. The molecule has 0 heterocycles. The Labute approximate surface area is 121 Å². The fourth-order valence-electron chi connectivity index (χ4n) is 1.50. The van der Waals surface area contributed by atoms with Crippen molar-refractivity contribution in [1.29, 1.82) is 0 Å². The largest absolute Gasteiger partial charge is 0.490 e. The first kappa shape index (κ1) is 17.6. The van der Waals surface area contributed by atoms with Gasteiger partial charge in [0.2, 0.25) is 10.0 Å². The van der Waals surface area contributed by atoms with Crippen molar-refractivity contribution in [3.63, 3.8) is 0 Å². The molecule has 0 unspecified atom stereocenters. The van der Waals surface area contributed by atoms with E-state index in [0.29, 0.717) is 5.69 Å². The molecule has 0 aliphatic rings. The second kappa shape index (κ2) is 6.52. The summed E-state index contributed by atoms with van der Waals surface area (Å²) in [4.78, 5) is -0.243. The van der Waals surface area contributed by atoms with Gasteiger partial charge in [-0.2, -0.15) is 13.2 Å². The van der Waals surface area contributed by atoms with E-state index in [0.717, 1.165) is 0 Å². The zero-order chi connectivity index (χ0) is 16.3. The number of nitrogens with one attached hydrogen (secondary N) is 1. The van der Waals surface area contributed by atoms with Crippen LogP contribution < -0.4 is 15.2 Å². The van der Waals surface area contributed by atoms with Gasteiger partial charge < -0.3 is 10.5 Å². The fourth-order valence-corrected chi connectivity index (χ4v) is 2.64. The highest BCUT2D eigenvalue weighted by molar-refractivity contribution is 7.89. The smallest absolute Gasteiger partial charge is 0.390 e. The average Bonchev–Trinajstić information content (AvgIpc) is 2.25. The molecule has 0 saturated carbocycles. The molecule has 0 amide bonds. The number of sulfonamides is 1. The molecule has 120 valence electrons. The molecule has 5 nitrogen and oxygen atoms in total. The molecule has 3 N–H and O–H groups in total. The van der Waals surface area contributed by atoms with E-state index < -0.39 is 29.2 Å². The Kier molecular flexibility index (Phi) is 5.46. The Morgan fingerprint density at radius 3 is 2.48 bits per heavy atom. The molecule has 0 spiro atoms. The van der Waals surface area contributed by atoms with E-state index in [1.165, 1.54) is 18.2 Å². The van der Waals surface area contributed by atoms with Crippen molar-refractivity contribution in [2.45, 2.75) is 37.4 Å². The summed E-state index contributed by atoms with van der Waals surface area (Å²) in [6.07, 6.45) is -5.99. The van der Waals surface area contributed by atoms with Crippen LogP contribution in [0.1, 0.15) is 20.3 Å². The lowest BCUT2D eigenvalue weighted by molar-refractivity contribution is -0.132. The van der Waals surface area contributed by atoms with Crippen molar-refractivity contribution >= 4 is 15.7 Å². The molecule has 9 heteroatoms. The highest BCUT2D eigenvalue weighted by Gasteiger charge is 2.28. The van der Waals surface area contributed by atoms with Gasteiger partial charge in [-0.15, -0.1) is 0 Å². The van der Waals surface area contributed by atoms with Crippen LogP contribution >= 0.6 is 0 Å². The van der Waals surface area contributed by atoms with Crippen molar-refractivity contribution in [2.24, 2.45) is 0 Å². The number of alkyl halides is 3. The molecule has 0 bridgehead atoms. The number of rotatable bonds is 6. The van der Waals surface area contributed by atoms with E-state index in [1.807, 2.05) is 4.72 Å². The number of hydrogen-bond donors (Lipinski definition) is 2. The fraction of sp³-hybridized carbons (Fsp3) is 0.500. The molecule has 21 heavy (non-hydrogen) atoms. The molecular weight excluding hydrogens is 309 g/mol. The van der Waals surface area contributed by atoms with E-state index in [-0.39, 0.29) is 16.7 Å². The quantitative estimate of drug-likeness (QED) is 0.786. The first-order chi connectivity index (χ1) is 9.51. The Hall–Kier alpha value is -1.48. The maximum absolute atomic E-state index is 12.1. The molecule has 1 rings (SSSR count). The maximum atomic E-state index is 12.1. The first-order valence-corrected chi connectivity index (χ1v) is 7.62. The van der Waals surface area contributed by atoms with E-state index in [1.54, 1.807) is 13.8 Å². The van der Waals surface area contributed by atoms with Crippen molar-refractivity contribution in [3.05, 3.63) is 18.2 Å². The summed E-state index contributed by atoms with van der Waals surface area (Å²) in [6.45, 7) is 2.64. The standard InChI is InChI=1S/C12H17F3N2O3S/c1-8(2)20-10-7-9(16)3-4-11(10)21(18,19)17-6-5-12(13,14)15/h3-4,7-8,17H,5-6,16H2,1-2H3. The van der Waals surface area contributed by atoms with Crippen LogP contribution in [0.4, 0.5) is 18.9 Å². The lowest BCUT2D eigenvalue weighted by atomic mass is 10.3. The lowest BCUT2D eigenvalue weighted by Crippen LogP contribution is -2.28. The third-order valence-electron chi connectivity index (χ3n) is 2.32. The van der Waals surface area contributed by atoms with E-state index in [9.17, 15) is 21.6 Å². The van der Waals surface area contributed by atoms with Crippen LogP contribution in [0.25, 0.3) is 0 Å². The van der Waals surface area contributed by atoms with Crippen LogP contribution in [-0.4, -0.2) is 27.2 Å². The Balaban J connectivity index is 2.97. The SMILES string of the molecule is CC(C)Oc1cc(N)ccc1S(=O)(=O)NCCC(F)(F)F. The summed E-state index contributed by atoms with van der Waals surface area (Å²) in [5.41, 5.74) is 5.85. The summed E-state index contributed by atoms with van der Waals surface area (Å²) in [6, 6.07) is 3.85. The zero-order valence-corrected chi connectivity index (χ0v) is 12.4. The zero-order valence-electron chi connectivity index (χ0n) is 11.6. The van der Waals surface area contributed by atoms with Gasteiger partial charge in [-0.25, -0.2) is 13.1 Å². The second-order valence-corrected chi connectivity index (χ2v) is 6.37. The molecule has 0 fully saturated rings. The van der Waals surface area contributed by atoms with Crippen LogP contribution in [0, 0.1) is 0 Å². The monoisotopic (exact) mass is 326 g/mol. The van der Waals surface area contributed by atoms with Gasteiger partial charge in [0.1, 0.15) is 10.6 Å². The lowest BCUT2D eigenvalue weighted by Gasteiger charge is -2.15. The number of ether oxygens (including phenoxy) is 1. The number of benzene rings is 1. The third kappa shape index (κ3) is 5.80. The van der Waals surface area contributed by atoms with Crippen LogP contribution in [0.3, 0.4) is 0 Å². The van der Waals surface area contributed by atoms with E-state index in [2.05, 4.69) is 0 Å². The topological polar surface area (TPSA) is 81.4 Å². The number of halogens is 3.